The maximum absolute atomic E-state index is 12.6. The zero-order chi connectivity index (χ0) is 18.9. The predicted octanol–water partition coefficient (Wildman–Crippen LogP) is 3.18. The summed E-state index contributed by atoms with van der Waals surface area (Å²) in [5.74, 6) is 0. The lowest BCUT2D eigenvalue weighted by atomic mass is 10.2. The van der Waals surface area contributed by atoms with Crippen LogP contribution in [0.3, 0.4) is 0 Å². The molecule has 6 nitrogen and oxygen atoms in total. The van der Waals surface area contributed by atoms with Gasteiger partial charge in [-0.25, -0.2) is 18.1 Å². The number of nitrogens with zero attached hydrogens (tertiary/aromatic N) is 3. The molecule has 3 aromatic heterocycles. The molecule has 0 saturated carbocycles. The van der Waals surface area contributed by atoms with Crippen LogP contribution in [0.4, 0.5) is 0 Å². The molecule has 0 aliphatic heterocycles. The standard InChI is InChI=1S/C20H18N4O2S/c1-15-7-9-24-14-19(23-20(24)10-15)17-5-2-6-18(11-17)27(25,26)22-13-16-4-3-8-21-12-16/h2-12,14,22H,13H2,1H3. The van der Waals surface area contributed by atoms with Gasteiger partial charge in [-0.15, -0.1) is 0 Å². The summed E-state index contributed by atoms with van der Waals surface area (Å²) in [4.78, 5) is 8.80. The molecule has 0 aliphatic carbocycles. The van der Waals surface area contributed by atoms with Crippen molar-refractivity contribution in [3.8, 4) is 11.3 Å². The molecule has 7 heteroatoms. The lowest BCUT2D eigenvalue weighted by Gasteiger charge is -2.07. The number of hydrogen-bond donors (Lipinski definition) is 1. The van der Waals surface area contributed by atoms with Gasteiger partial charge >= 0.3 is 0 Å². The van der Waals surface area contributed by atoms with E-state index in [-0.39, 0.29) is 11.4 Å². The zero-order valence-corrected chi connectivity index (χ0v) is 15.5. The molecule has 0 fully saturated rings. The lowest BCUT2D eigenvalue weighted by Crippen LogP contribution is -2.23. The van der Waals surface area contributed by atoms with E-state index in [9.17, 15) is 8.42 Å². The van der Waals surface area contributed by atoms with Gasteiger partial charge in [0.2, 0.25) is 10.0 Å². The Morgan fingerprint density at radius 2 is 2.00 bits per heavy atom. The summed E-state index contributed by atoms with van der Waals surface area (Å²) in [6.45, 7) is 2.20. The number of fused-ring (bicyclic) bond motifs is 1. The van der Waals surface area contributed by atoms with Crippen LogP contribution in [0.25, 0.3) is 16.9 Å². The molecule has 3 heterocycles. The minimum absolute atomic E-state index is 0.189. The largest absolute Gasteiger partial charge is 0.306 e. The van der Waals surface area contributed by atoms with E-state index in [0.29, 0.717) is 0 Å². The maximum Gasteiger partial charge on any atom is 0.240 e. The van der Waals surface area contributed by atoms with Crippen LogP contribution in [-0.4, -0.2) is 22.8 Å². The van der Waals surface area contributed by atoms with Crippen LogP contribution < -0.4 is 4.72 Å². The predicted molar refractivity (Wildman–Crippen MR) is 104 cm³/mol. The monoisotopic (exact) mass is 378 g/mol. The normalized spacial score (nSPS) is 11.7. The average Bonchev–Trinajstić information content (AvgIpc) is 3.11. The summed E-state index contributed by atoms with van der Waals surface area (Å²) in [7, 11) is -3.64. The van der Waals surface area contributed by atoms with Crippen LogP contribution in [0.1, 0.15) is 11.1 Å². The van der Waals surface area contributed by atoms with Crippen LogP contribution >= 0.6 is 0 Å². The SMILES string of the molecule is Cc1ccn2cc(-c3cccc(S(=O)(=O)NCc4cccnc4)c3)nc2c1. The van der Waals surface area contributed by atoms with Crippen LogP contribution in [0, 0.1) is 6.92 Å². The molecule has 136 valence electrons. The third-order valence-electron chi connectivity index (χ3n) is 4.24. The van der Waals surface area contributed by atoms with Gasteiger partial charge in [0.05, 0.1) is 10.6 Å². The first-order valence-corrected chi connectivity index (χ1v) is 9.94. The van der Waals surface area contributed by atoms with Crippen molar-refractivity contribution in [2.24, 2.45) is 0 Å². The highest BCUT2D eigenvalue weighted by atomic mass is 32.2. The van der Waals surface area contributed by atoms with Crippen LogP contribution in [0.2, 0.25) is 0 Å². The Morgan fingerprint density at radius 1 is 1.11 bits per heavy atom. The minimum atomic E-state index is -3.64. The van der Waals surface area contributed by atoms with Gasteiger partial charge < -0.3 is 4.40 Å². The van der Waals surface area contributed by atoms with Crippen molar-refractivity contribution >= 4 is 15.7 Å². The highest BCUT2D eigenvalue weighted by Gasteiger charge is 2.15. The van der Waals surface area contributed by atoms with Gasteiger partial charge in [-0.1, -0.05) is 18.2 Å². The Bertz CT molecular complexity index is 1200. The summed E-state index contributed by atoms with van der Waals surface area (Å²) < 4.78 is 29.8. The zero-order valence-electron chi connectivity index (χ0n) is 14.7. The van der Waals surface area contributed by atoms with E-state index in [1.165, 1.54) is 0 Å². The van der Waals surface area contributed by atoms with E-state index in [1.807, 2.05) is 48.0 Å². The van der Waals surface area contributed by atoms with Gasteiger partial charge in [0.25, 0.3) is 0 Å². The van der Waals surface area contributed by atoms with E-state index in [0.717, 1.165) is 28.0 Å². The summed E-state index contributed by atoms with van der Waals surface area (Å²) in [6.07, 6.45) is 7.12. The third kappa shape index (κ3) is 3.74. The molecular weight excluding hydrogens is 360 g/mol. The lowest BCUT2D eigenvalue weighted by molar-refractivity contribution is 0.581. The fourth-order valence-electron chi connectivity index (χ4n) is 2.81. The number of aryl methyl sites for hydroxylation is 1. The second-order valence-corrected chi connectivity index (χ2v) is 8.08. The van der Waals surface area contributed by atoms with E-state index >= 15 is 0 Å². The van der Waals surface area contributed by atoms with Gasteiger partial charge in [0.15, 0.2) is 0 Å². The van der Waals surface area contributed by atoms with E-state index in [4.69, 9.17) is 0 Å². The van der Waals surface area contributed by atoms with Crippen molar-refractivity contribution < 1.29 is 8.42 Å². The van der Waals surface area contributed by atoms with Crippen molar-refractivity contribution in [3.05, 3.63) is 84.4 Å². The molecule has 0 radical (unpaired) electrons. The third-order valence-corrected chi connectivity index (χ3v) is 5.64. The molecule has 1 N–H and O–H groups in total. The fourth-order valence-corrected chi connectivity index (χ4v) is 3.87. The van der Waals surface area contributed by atoms with Gasteiger partial charge in [-0.3, -0.25) is 4.98 Å². The van der Waals surface area contributed by atoms with Crippen molar-refractivity contribution in [1.29, 1.82) is 0 Å². The van der Waals surface area contributed by atoms with Crippen molar-refractivity contribution in [3.63, 3.8) is 0 Å². The van der Waals surface area contributed by atoms with E-state index in [1.54, 1.807) is 36.7 Å². The topological polar surface area (TPSA) is 76.4 Å². The number of imidazole rings is 1. The van der Waals surface area contributed by atoms with Crippen molar-refractivity contribution in [2.75, 3.05) is 0 Å². The van der Waals surface area contributed by atoms with Crippen molar-refractivity contribution in [2.45, 2.75) is 18.4 Å². The maximum atomic E-state index is 12.6. The Hall–Kier alpha value is -3.03. The quantitative estimate of drug-likeness (QED) is 0.579. The number of hydrogen-bond acceptors (Lipinski definition) is 4. The van der Waals surface area contributed by atoms with Crippen LogP contribution in [0.5, 0.6) is 0 Å². The molecule has 1 aromatic carbocycles. The second-order valence-electron chi connectivity index (χ2n) is 6.31. The Kier molecular flexibility index (Phi) is 4.47. The number of rotatable bonds is 5. The first kappa shape index (κ1) is 17.4. The van der Waals surface area contributed by atoms with Crippen LogP contribution in [-0.2, 0) is 16.6 Å². The smallest absolute Gasteiger partial charge is 0.240 e. The summed E-state index contributed by atoms with van der Waals surface area (Å²) in [5, 5.41) is 0. The van der Waals surface area contributed by atoms with Gasteiger partial charge in [-0.2, -0.15) is 0 Å². The average molecular weight is 378 g/mol. The molecule has 27 heavy (non-hydrogen) atoms. The van der Waals surface area contributed by atoms with Gasteiger partial charge in [-0.05, 0) is 48.4 Å². The molecule has 0 unspecified atom stereocenters. The summed E-state index contributed by atoms with van der Waals surface area (Å²) >= 11 is 0. The molecular formula is C20H18N4O2S. The number of sulfonamides is 1. The first-order chi connectivity index (χ1) is 13.0. The molecule has 0 saturated heterocycles. The number of nitrogens with one attached hydrogen (secondary N) is 1. The highest BCUT2D eigenvalue weighted by Crippen LogP contribution is 2.23. The van der Waals surface area contributed by atoms with Crippen molar-refractivity contribution in [1.82, 2.24) is 19.1 Å². The molecule has 4 rings (SSSR count). The number of pyridine rings is 2. The molecule has 0 bridgehead atoms. The Labute approximate surface area is 157 Å². The minimum Gasteiger partial charge on any atom is -0.306 e. The van der Waals surface area contributed by atoms with Crippen LogP contribution in [0.15, 0.2) is 78.2 Å². The molecule has 0 spiro atoms. The van der Waals surface area contributed by atoms with E-state index < -0.39 is 10.0 Å². The van der Waals surface area contributed by atoms with Gasteiger partial charge in [0.1, 0.15) is 5.65 Å². The molecule has 0 atom stereocenters. The van der Waals surface area contributed by atoms with E-state index in [2.05, 4.69) is 14.7 Å². The fraction of sp³-hybridized carbons (Fsp3) is 0.100. The first-order valence-electron chi connectivity index (χ1n) is 8.46. The Morgan fingerprint density at radius 3 is 2.81 bits per heavy atom. The number of benzene rings is 1. The van der Waals surface area contributed by atoms with Gasteiger partial charge in [0, 0.05) is 36.9 Å². The summed E-state index contributed by atoms with van der Waals surface area (Å²) in [6, 6.07) is 14.4. The number of aromatic nitrogens is 3. The molecule has 0 aliphatic rings. The summed E-state index contributed by atoms with van der Waals surface area (Å²) in [5.41, 5.74) is 4.22. The highest BCUT2D eigenvalue weighted by molar-refractivity contribution is 7.89. The molecule has 4 aromatic rings. The second kappa shape index (κ2) is 6.94. The Balaban J connectivity index is 1.62. The molecule has 0 amide bonds.